The molecule has 1 aromatic heterocycles. The van der Waals surface area contributed by atoms with Gasteiger partial charge >= 0.3 is 0 Å². The van der Waals surface area contributed by atoms with Gasteiger partial charge in [0.1, 0.15) is 11.5 Å². The van der Waals surface area contributed by atoms with Crippen molar-refractivity contribution in [3.05, 3.63) is 83.2 Å². The second-order valence-electron chi connectivity index (χ2n) is 7.78. The van der Waals surface area contributed by atoms with Crippen LogP contribution in [0.3, 0.4) is 0 Å². The molecule has 1 heterocycles. The summed E-state index contributed by atoms with van der Waals surface area (Å²) < 4.78 is 11.7. The summed E-state index contributed by atoms with van der Waals surface area (Å²) in [6, 6.07) is 19.0. The Bertz CT molecular complexity index is 1030. The van der Waals surface area contributed by atoms with Crippen LogP contribution in [0.25, 0.3) is 0 Å². The van der Waals surface area contributed by atoms with Gasteiger partial charge < -0.3 is 14.8 Å². The Hall–Kier alpha value is -3.18. The number of anilines is 1. The van der Waals surface area contributed by atoms with Crippen molar-refractivity contribution in [3.8, 4) is 11.5 Å². The number of nitrogens with one attached hydrogen (secondary N) is 1. The third-order valence-electron chi connectivity index (χ3n) is 4.90. The van der Waals surface area contributed by atoms with Crippen LogP contribution < -0.4 is 10.1 Å². The van der Waals surface area contributed by atoms with Crippen molar-refractivity contribution in [2.45, 2.75) is 53.2 Å². The molecule has 2 aromatic carbocycles. The first-order chi connectivity index (χ1) is 14.9. The smallest absolute Gasteiger partial charge is 0.257 e. The van der Waals surface area contributed by atoms with E-state index in [1.54, 1.807) is 6.07 Å². The van der Waals surface area contributed by atoms with Crippen LogP contribution in [0.4, 0.5) is 5.69 Å². The molecule has 0 aliphatic heterocycles. The van der Waals surface area contributed by atoms with E-state index < -0.39 is 0 Å². The lowest BCUT2D eigenvalue weighted by atomic mass is 10.1. The monoisotopic (exact) mass is 418 g/mol. The highest BCUT2D eigenvalue weighted by Gasteiger charge is 2.15. The van der Waals surface area contributed by atoms with E-state index >= 15 is 0 Å². The molecule has 162 valence electrons. The van der Waals surface area contributed by atoms with Gasteiger partial charge in [0, 0.05) is 5.69 Å². The van der Waals surface area contributed by atoms with Gasteiger partial charge in [0.2, 0.25) is 0 Å². The molecular formula is C26H30N2O3. The maximum atomic E-state index is 12.7. The summed E-state index contributed by atoms with van der Waals surface area (Å²) in [5.41, 5.74) is 3.94. The van der Waals surface area contributed by atoms with Gasteiger partial charge in [-0.05, 0) is 88.2 Å². The molecule has 3 rings (SSSR count). The zero-order valence-electron chi connectivity index (χ0n) is 18.8. The zero-order chi connectivity index (χ0) is 22.4. The Morgan fingerprint density at radius 2 is 1.74 bits per heavy atom. The van der Waals surface area contributed by atoms with Crippen LogP contribution in [0.15, 0.2) is 60.7 Å². The van der Waals surface area contributed by atoms with Crippen LogP contribution >= 0.6 is 0 Å². The molecule has 0 fully saturated rings. The van der Waals surface area contributed by atoms with Crippen molar-refractivity contribution < 1.29 is 14.3 Å². The summed E-state index contributed by atoms with van der Waals surface area (Å²) in [5, 5.41) is 2.92. The van der Waals surface area contributed by atoms with Gasteiger partial charge in [-0.15, -0.1) is 0 Å². The SMILES string of the molecule is CCc1cccc(Oc2ccc(NC(=O)c3ccc(C(C)OC(C)C)nc3C)cc2)c1. The number of pyridine rings is 1. The zero-order valence-corrected chi connectivity index (χ0v) is 18.8. The number of ether oxygens (including phenoxy) is 2. The number of aromatic nitrogens is 1. The normalized spacial score (nSPS) is 11.9. The van der Waals surface area contributed by atoms with Crippen LogP contribution in [-0.4, -0.2) is 17.0 Å². The summed E-state index contributed by atoms with van der Waals surface area (Å²) in [6.07, 6.45) is 0.949. The number of carbonyl (C=O) groups is 1. The van der Waals surface area contributed by atoms with E-state index in [-0.39, 0.29) is 18.1 Å². The minimum atomic E-state index is -0.196. The van der Waals surface area contributed by atoms with Crippen LogP contribution in [0.5, 0.6) is 11.5 Å². The Kier molecular flexibility index (Phi) is 7.42. The third kappa shape index (κ3) is 6.15. The Morgan fingerprint density at radius 1 is 1.00 bits per heavy atom. The van der Waals surface area contributed by atoms with Gasteiger partial charge in [-0.2, -0.15) is 0 Å². The van der Waals surface area contributed by atoms with Crippen molar-refractivity contribution in [3.63, 3.8) is 0 Å². The van der Waals surface area contributed by atoms with E-state index in [4.69, 9.17) is 9.47 Å². The van der Waals surface area contributed by atoms with Gasteiger partial charge in [-0.3, -0.25) is 9.78 Å². The van der Waals surface area contributed by atoms with Crippen LogP contribution in [-0.2, 0) is 11.2 Å². The molecule has 1 atom stereocenters. The van der Waals surface area contributed by atoms with E-state index in [0.717, 1.165) is 17.9 Å². The van der Waals surface area contributed by atoms with Gasteiger partial charge in [0.25, 0.3) is 5.91 Å². The van der Waals surface area contributed by atoms with Crippen molar-refractivity contribution in [2.75, 3.05) is 5.32 Å². The summed E-state index contributed by atoms with van der Waals surface area (Å²) in [7, 11) is 0. The quantitative estimate of drug-likeness (QED) is 0.455. The van der Waals surface area contributed by atoms with Crippen molar-refractivity contribution in [1.29, 1.82) is 0 Å². The second kappa shape index (κ2) is 10.2. The van der Waals surface area contributed by atoms with Crippen LogP contribution in [0.2, 0.25) is 0 Å². The average Bonchev–Trinajstić information content (AvgIpc) is 2.74. The molecule has 31 heavy (non-hydrogen) atoms. The van der Waals surface area contributed by atoms with Crippen molar-refractivity contribution in [2.24, 2.45) is 0 Å². The summed E-state index contributed by atoms with van der Waals surface area (Å²) in [5.74, 6) is 1.32. The van der Waals surface area contributed by atoms with Crippen molar-refractivity contribution in [1.82, 2.24) is 4.98 Å². The van der Waals surface area contributed by atoms with Gasteiger partial charge in [0.15, 0.2) is 0 Å². The molecule has 0 radical (unpaired) electrons. The Labute approximate surface area is 184 Å². The van der Waals surface area contributed by atoms with E-state index in [1.165, 1.54) is 5.56 Å². The molecule has 1 N–H and O–H groups in total. The number of hydrogen-bond acceptors (Lipinski definition) is 4. The van der Waals surface area contributed by atoms with E-state index in [1.807, 2.05) is 76.2 Å². The highest BCUT2D eigenvalue weighted by atomic mass is 16.5. The predicted octanol–water partition coefficient (Wildman–Crippen LogP) is 6.48. The minimum Gasteiger partial charge on any atom is -0.457 e. The Morgan fingerprint density at radius 3 is 2.39 bits per heavy atom. The molecule has 1 amide bonds. The summed E-state index contributed by atoms with van der Waals surface area (Å²) in [6.45, 7) is 9.89. The number of carbonyl (C=O) groups excluding carboxylic acids is 1. The first-order valence-corrected chi connectivity index (χ1v) is 10.7. The molecule has 3 aromatic rings. The maximum absolute atomic E-state index is 12.7. The third-order valence-corrected chi connectivity index (χ3v) is 4.90. The average molecular weight is 419 g/mol. The number of nitrogens with zero attached hydrogens (tertiary/aromatic N) is 1. The number of aryl methyl sites for hydroxylation is 2. The maximum Gasteiger partial charge on any atom is 0.257 e. The van der Waals surface area contributed by atoms with Gasteiger partial charge in [-0.25, -0.2) is 0 Å². The first-order valence-electron chi connectivity index (χ1n) is 10.7. The highest BCUT2D eigenvalue weighted by Crippen LogP contribution is 2.25. The molecular weight excluding hydrogens is 388 g/mol. The lowest BCUT2D eigenvalue weighted by Crippen LogP contribution is -2.16. The lowest BCUT2D eigenvalue weighted by Gasteiger charge is -2.17. The minimum absolute atomic E-state index is 0.114. The molecule has 0 bridgehead atoms. The molecule has 0 aliphatic carbocycles. The van der Waals surface area contributed by atoms with E-state index in [0.29, 0.717) is 22.7 Å². The molecule has 5 nitrogen and oxygen atoms in total. The molecule has 0 spiro atoms. The van der Waals surface area contributed by atoms with Crippen LogP contribution in [0, 0.1) is 6.92 Å². The van der Waals surface area contributed by atoms with Gasteiger partial charge in [-0.1, -0.05) is 19.1 Å². The van der Waals surface area contributed by atoms with Crippen molar-refractivity contribution >= 4 is 11.6 Å². The van der Waals surface area contributed by atoms with Crippen LogP contribution in [0.1, 0.15) is 61.1 Å². The van der Waals surface area contributed by atoms with Gasteiger partial charge in [0.05, 0.1) is 29.2 Å². The fourth-order valence-corrected chi connectivity index (χ4v) is 3.29. The molecule has 0 saturated heterocycles. The van der Waals surface area contributed by atoms with E-state index in [9.17, 15) is 4.79 Å². The molecule has 5 heteroatoms. The second-order valence-corrected chi connectivity index (χ2v) is 7.78. The molecule has 0 saturated carbocycles. The fraction of sp³-hybridized carbons (Fsp3) is 0.308. The summed E-state index contributed by atoms with van der Waals surface area (Å²) >= 11 is 0. The fourth-order valence-electron chi connectivity index (χ4n) is 3.29. The number of hydrogen-bond donors (Lipinski definition) is 1. The highest BCUT2D eigenvalue weighted by molar-refractivity contribution is 6.05. The lowest BCUT2D eigenvalue weighted by molar-refractivity contribution is 0.0154. The number of benzene rings is 2. The number of rotatable bonds is 8. The standard InChI is InChI=1S/C26H30N2O3/c1-6-20-8-7-9-23(16-20)31-22-12-10-21(11-13-22)28-26(29)24-14-15-25(27-18(24)4)19(5)30-17(2)3/h7-17,19H,6H2,1-5H3,(H,28,29). The predicted molar refractivity (Wildman–Crippen MR) is 124 cm³/mol. The molecule has 1 unspecified atom stereocenters. The summed E-state index contributed by atoms with van der Waals surface area (Å²) in [4.78, 5) is 17.3. The first kappa shape index (κ1) is 22.5. The number of amides is 1. The topological polar surface area (TPSA) is 60.5 Å². The van der Waals surface area contributed by atoms with E-state index in [2.05, 4.69) is 23.3 Å². The Balaban J connectivity index is 1.65. The largest absolute Gasteiger partial charge is 0.457 e. The molecule has 0 aliphatic rings.